The summed E-state index contributed by atoms with van der Waals surface area (Å²) in [7, 11) is 0. The minimum Gasteiger partial charge on any atom is -0.251 e. The third kappa shape index (κ3) is 4.19. The van der Waals surface area contributed by atoms with Crippen molar-refractivity contribution in [3.05, 3.63) is 58.7 Å². The SMILES string of the molecule is CC(C)c1cccc(C(C)C)c1N=C1C(=Nc2c(C(C)C)cccc2C(C)C)[C@]2(C)CCC1C2(C)C. The summed E-state index contributed by atoms with van der Waals surface area (Å²) in [6, 6.07) is 13.5. The molecule has 0 aromatic heterocycles. The molecule has 0 amide bonds. The molecule has 2 heteroatoms. The van der Waals surface area contributed by atoms with Gasteiger partial charge < -0.3 is 0 Å². The van der Waals surface area contributed by atoms with Gasteiger partial charge >= 0.3 is 0 Å². The molecule has 2 bridgehead atoms. The predicted octanol–water partition coefficient (Wildman–Crippen LogP) is 10.5. The number of benzene rings is 2. The van der Waals surface area contributed by atoms with E-state index in [1.165, 1.54) is 57.9 Å². The molecule has 2 aromatic carbocycles. The smallest absolute Gasteiger partial charge is 0.0703 e. The fourth-order valence-corrected chi connectivity index (χ4v) is 6.68. The van der Waals surface area contributed by atoms with Crippen molar-refractivity contribution in [2.75, 3.05) is 0 Å². The van der Waals surface area contributed by atoms with Crippen LogP contribution in [0.1, 0.15) is 135 Å². The predicted molar refractivity (Wildman–Crippen MR) is 158 cm³/mol. The van der Waals surface area contributed by atoms with Crippen LogP contribution < -0.4 is 0 Å². The molecule has 0 spiro atoms. The second kappa shape index (κ2) is 9.58. The molecule has 0 saturated heterocycles. The van der Waals surface area contributed by atoms with Crippen molar-refractivity contribution in [3.63, 3.8) is 0 Å². The number of aliphatic imine (C=N–C) groups is 2. The Morgan fingerprint density at radius 2 is 1.03 bits per heavy atom. The zero-order valence-corrected chi connectivity index (χ0v) is 24.7. The Hall–Kier alpha value is -2.22. The van der Waals surface area contributed by atoms with Gasteiger partial charge in [0.1, 0.15) is 0 Å². The molecule has 4 rings (SSSR count). The van der Waals surface area contributed by atoms with Crippen molar-refractivity contribution in [3.8, 4) is 0 Å². The molecule has 2 nitrogen and oxygen atoms in total. The highest BCUT2D eigenvalue weighted by Gasteiger charge is 2.63. The molecule has 36 heavy (non-hydrogen) atoms. The zero-order chi connectivity index (χ0) is 26.6. The molecule has 2 saturated carbocycles. The molecule has 2 atom stereocenters. The van der Waals surface area contributed by atoms with E-state index in [0.29, 0.717) is 29.6 Å². The summed E-state index contributed by atoms with van der Waals surface area (Å²) in [5.74, 6) is 2.16. The molecular formula is C34H48N2. The van der Waals surface area contributed by atoms with Gasteiger partial charge in [-0.2, -0.15) is 0 Å². The lowest BCUT2D eigenvalue weighted by molar-refractivity contribution is 0.208. The van der Waals surface area contributed by atoms with Gasteiger partial charge in [0.05, 0.1) is 22.8 Å². The lowest BCUT2D eigenvalue weighted by Gasteiger charge is -2.34. The number of nitrogens with zero attached hydrogens (tertiary/aromatic N) is 2. The van der Waals surface area contributed by atoms with E-state index in [0.717, 1.165) is 0 Å². The molecule has 0 N–H and O–H groups in total. The van der Waals surface area contributed by atoms with Crippen LogP contribution in [-0.4, -0.2) is 11.4 Å². The topological polar surface area (TPSA) is 24.7 Å². The summed E-state index contributed by atoms with van der Waals surface area (Å²) in [5, 5.41) is 0. The van der Waals surface area contributed by atoms with E-state index >= 15 is 0 Å². The van der Waals surface area contributed by atoms with Gasteiger partial charge in [-0.25, -0.2) is 0 Å². The Morgan fingerprint density at radius 3 is 1.42 bits per heavy atom. The average molecular weight is 485 g/mol. The maximum absolute atomic E-state index is 5.66. The summed E-state index contributed by atoms with van der Waals surface area (Å²) in [4.78, 5) is 11.3. The van der Waals surface area contributed by atoms with Crippen LogP contribution in [0.2, 0.25) is 0 Å². The monoisotopic (exact) mass is 484 g/mol. The molecule has 2 aliphatic carbocycles. The molecule has 2 aromatic rings. The molecule has 0 aliphatic heterocycles. The summed E-state index contributed by atoms with van der Waals surface area (Å²) < 4.78 is 0. The Morgan fingerprint density at radius 1 is 0.639 bits per heavy atom. The normalized spacial score (nSPS) is 25.5. The molecule has 2 aliphatic rings. The molecular weight excluding hydrogens is 436 g/mol. The number of rotatable bonds is 6. The van der Waals surface area contributed by atoms with E-state index < -0.39 is 0 Å². The lowest BCUT2D eigenvalue weighted by Crippen LogP contribution is -2.33. The summed E-state index contributed by atoms with van der Waals surface area (Å²) in [6.07, 6.45) is 2.39. The molecule has 0 radical (unpaired) electrons. The van der Waals surface area contributed by atoms with Gasteiger partial charge in [-0.1, -0.05) is 113 Å². The largest absolute Gasteiger partial charge is 0.251 e. The first kappa shape index (κ1) is 26.8. The van der Waals surface area contributed by atoms with E-state index in [4.69, 9.17) is 9.98 Å². The first-order valence-corrected chi connectivity index (χ1v) is 14.2. The van der Waals surface area contributed by atoms with Gasteiger partial charge in [0, 0.05) is 11.3 Å². The average Bonchev–Trinajstić information content (AvgIpc) is 3.11. The minimum absolute atomic E-state index is 0.0274. The highest BCUT2D eigenvalue weighted by molar-refractivity contribution is 6.48. The van der Waals surface area contributed by atoms with E-state index in [2.05, 4.69) is 113 Å². The van der Waals surface area contributed by atoms with E-state index in [1.54, 1.807) is 0 Å². The number of hydrogen-bond donors (Lipinski definition) is 0. The first-order valence-electron chi connectivity index (χ1n) is 14.2. The van der Waals surface area contributed by atoms with Crippen LogP contribution in [0.15, 0.2) is 46.4 Å². The van der Waals surface area contributed by atoms with Gasteiger partial charge in [0.15, 0.2) is 0 Å². The highest BCUT2D eigenvalue weighted by atomic mass is 14.9. The van der Waals surface area contributed by atoms with Crippen molar-refractivity contribution in [1.82, 2.24) is 0 Å². The van der Waals surface area contributed by atoms with Crippen LogP contribution in [0.3, 0.4) is 0 Å². The van der Waals surface area contributed by atoms with Crippen LogP contribution in [0.4, 0.5) is 11.4 Å². The van der Waals surface area contributed by atoms with E-state index in [1.807, 2.05) is 0 Å². The Bertz CT molecular complexity index is 1140. The fraction of sp³-hybridized carbons (Fsp3) is 0.588. The molecule has 194 valence electrons. The maximum Gasteiger partial charge on any atom is 0.0703 e. The first-order chi connectivity index (χ1) is 16.8. The van der Waals surface area contributed by atoms with E-state index in [9.17, 15) is 0 Å². The zero-order valence-electron chi connectivity index (χ0n) is 24.7. The van der Waals surface area contributed by atoms with Crippen LogP contribution in [0, 0.1) is 16.7 Å². The lowest BCUT2D eigenvalue weighted by atomic mass is 9.70. The van der Waals surface area contributed by atoms with Crippen LogP contribution in [-0.2, 0) is 0 Å². The van der Waals surface area contributed by atoms with Crippen LogP contribution in [0.5, 0.6) is 0 Å². The minimum atomic E-state index is 0.0274. The van der Waals surface area contributed by atoms with Crippen molar-refractivity contribution < 1.29 is 0 Å². The van der Waals surface area contributed by atoms with Gasteiger partial charge in [-0.05, 0) is 64.2 Å². The van der Waals surface area contributed by atoms with Gasteiger partial charge in [0.2, 0.25) is 0 Å². The number of para-hydroxylation sites is 2. The number of fused-ring (bicyclic) bond motifs is 2. The van der Waals surface area contributed by atoms with Gasteiger partial charge in [-0.3, -0.25) is 9.98 Å². The number of hydrogen-bond acceptors (Lipinski definition) is 2. The van der Waals surface area contributed by atoms with E-state index in [-0.39, 0.29) is 10.8 Å². The standard InChI is InChI=1S/C34H48N2/c1-20(2)24-14-12-15-25(21(3)4)29(24)35-31-28-18-19-34(11,33(28,9)10)32(31)36-30-26(22(5)6)16-13-17-27(30)23(7)8/h12-17,20-23,28H,18-19H2,1-11H3/t28?,34-/m0/s1. The Balaban J connectivity index is 2.04. The second-order valence-corrected chi connectivity index (χ2v) is 13.3. The Kier molecular flexibility index (Phi) is 7.14. The van der Waals surface area contributed by atoms with Crippen molar-refractivity contribution in [1.29, 1.82) is 0 Å². The van der Waals surface area contributed by atoms with Gasteiger partial charge in [-0.15, -0.1) is 0 Å². The van der Waals surface area contributed by atoms with Crippen LogP contribution >= 0.6 is 0 Å². The Labute approximate surface area is 220 Å². The third-order valence-corrected chi connectivity index (χ3v) is 9.46. The molecule has 1 unspecified atom stereocenters. The van der Waals surface area contributed by atoms with Crippen LogP contribution in [0.25, 0.3) is 0 Å². The summed E-state index contributed by atoms with van der Waals surface area (Å²) >= 11 is 0. The maximum atomic E-state index is 5.66. The quantitative estimate of drug-likeness (QED) is 0.389. The van der Waals surface area contributed by atoms with Crippen molar-refractivity contribution >= 4 is 22.8 Å². The van der Waals surface area contributed by atoms with Crippen molar-refractivity contribution in [2.24, 2.45) is 26.7 Å². The summed E-state index contributed by atoms with van der Waals surface area (Å²) in [6.45, 7) is 25.7. The summed E-state index contributed by atoms with van der Waals surface area (Å²) in [5.41, 5.74) is 10.4. The third-order valence-electron chi connectivity index (χ3n) is 9.46. The van der Waals surface area contributed by atoms with Crippen molar-refractivity contribution in [2.45, 2.75) is 113 Å². The highest BCUT2D eigenvalue weighted by Crippen LogP contribution is 2.64. The fourth-order valence-electron chi connectivity index (χ4n) is 6.68. The van der Waals surface area contributed by atoms with Gasteiger partial charge in [0.25, 0.3) is 0 Å². The molecule has 2 fully saturated rings. The molecule has 0 heterocycles. The second-order valence-electron chi connectivity index (χ2n) is 13.3.